The van der Waals surface area contributed by atoms with Crippen LogP contribution in [-0.4, -0.2) is 22.1 Å². The molecule has 0 unspecified atom stereocenters. The number of carbonyl (C=O) groups is 1. The molecule has 30 heavy (non-hydrogen) atoms. The molecule has 0 aliphatic rings. The summed E-state index contributed by atoms with van der Waals surface area (Å²) in [6.45, 7) is 6.49. The van der Waals surface area contributed by atoms with Crippen molar-refractivity contribution < 1.29 is 13.9 Å². The molecule has 0 amide bonds. The second kappa shape index (κ2) is 8.28. The summed E-state index contributed by atoms with van der Waals surface area (Å²) in [4.78, 5) is 30.1. The summed E-state index contributed by atoms with van der Waals surface area (Å²) in [5.41, 5.74) is 2.98. The van der Waals surface area contributed by atoms with Crippen LogP contribution in [0.5, 0.6) is 0 Å². The quantitative estimate of drug-likeness (QED) is 0.406. The molecule has 0 atom stereocenters. The number of nitrogens with zero attached hydrogens (tertiary/aromatic N) is 2. The lowest BCUT2D eigenvalue weighted by molar-refractivity contribution is 0.0488. The molecule has 6 nitrogen and oxygen atoms in total. The Hall–Kier alpha value is -3.19. The van der Waals surface area contributed by atoms with Crippen LogP contribution < -0.4 is 5.56 Å². The van der Waals surface area contributed by atoms with Gasteiger partial charge in [0, 0.05) is 10.9 Å². The fourth-order valence-electron chi connectivity index (χ4n) is 3.28. The molecule has 154 valence electrons. The van der Waals surface area contributed by atoms with Crippen LogP contribution in [0, 0.1) is 0 Å². The fourth-order valence-corrected chi connectivity index (χ4v) is 4.19. The normalized spacial score (nSPS) is 11.3. The van der Waals surface area contributed by atoms with Gasteiger partial charge >= 0.3 is 5.97 Å². The van der Waals surface area contributed by atoms with Crippen molar-refractivity contribution in [2.45, 2.75) is 33.2 Å². The van der Waals surface area contributed by atoms with Gasteiger partial charge in [-0.1, -0.05) is 38.1 Å². The number of fused-ring (bicyclic) bond motifs is 1. The fraction of sp³-hybridized carbons (Fsp3) is 0.261. The minimum atomic E-state index is -0.519. The lowest BCUT2D eigenvalue weighted by atomic mass is 9.99. The summed E-state index contributed by atoms with van der Waals surface area (Å²) in [6, 6.07) is 11.5. The van der Waals surface area contributed by atoms with Gasteiger partial charge in [-0.25, -0.2) is 9.78 Å². The Morgan fingerprint density at radius 2 is 1.97 bits per heavy atom. The number of rotatable bonds is 6. The topological polar surface area (TPSA) is 74.3 Å². The van der Waals surface area contributed by atoms with E-state index in [1.165, 1.54) is 27.8 Å². The smallest absolute Gasteiger partial charge is 0.374 e. The Morgan fingerprint density at radius 1 is 1.20 bits per heavy atom. The molecule has 0 spiro atoms. The van der Waals surface area contributed by atoms with Crippen LogP contribution in [0.25, 0.3) is 21.3 Å². The largest absolute Gasteiger partial charge is 0.460 e. The van der Waals surface area contributed by atoms with Gasteiger partial charge in [-0.3, -0.25) is 9.36 Å². The molecule has 0 radical (unpaired) electrons. The Kier molecular flexibility index (Phi) is 5.55. The highest BCUT2D eigenvalue weighted by molar-refractivity contribution is 7.17. The monoisotopic (exact) mass is 422 g/mol. The average molecular weight is 423 g/mol. The van der Waals surface area contributed by atoms with Gasteiger partial charge in [-0.15, -0.1) is 11.3 Å². The van der Waals surface area contributed by atoms with Gasteiger partial charge in [0.25, 0.3) is 5.56 Å². The lowest BCUT2D eigenvalue weighted by Gasteiger charge is -2.07. The van der Waals surface area contributed by atoms with E-state index in [2.05, 4.69) is 31.0 Å². The minimum Gasteiger partial charge on any atom is -0.460 e. The maximum atomic E-state index is 13.2. The molecule has 3 heterocycles. The summed E-state index contributed by atoms with van der Waals surface area (Å²) < 4.78 is 12.0. The molecule has 0 aliphatic heterocycles. The van der Waals surface area contributed by atoms with Crippen molar-refractivity contribution in [1.82, 2.24) is 9.55 Å². The van der Waals surface area contributed by atoms with Crippen molar-refractivity contribution in [3.63, 3.8) is 0 Å². The van der Waals surface area contributed by atoms with Crippen molar-refractivity contribution in [3.8, 4) is 11.1 Å². The molecule has 0 bridgehead atoms. The maximum Gasteiger partial charge on any atom is 0.374 e. The van der Waals surface area contributed by atoms with Gasteiger partial charge in [0.2, 0.25) is 5.76 Å². The number of aromatic nitrogens is 2. The third kappa shape index (κ3) is 3.80. The van der Waals surface area contributed by atoms with Gasteiger partial charge < -0.3 is 9.15 Å². The summed E-state index contributed by atoms with van der Waals surface area (Å²) in [6.07, 6.45) is 1.51. The van der Waals surface area contributed by atoms with E-state index in [1.54, 1.807) is 19.1 Å². The maximum absolute atomic E-state index is 13.2. The molecule has 0 fully saturated rings. The van der Waals surface area contributed by atoms with E-state index >= 15 is 0 Å². The molecule has 3 aromatic heterocycles. The number of thiophene rings is 1. The van der Waals surface area contributed by atoms with E-state index in [0.717, 1.165) is 11.1 Å². The third-order valence-corrected chi connectivity index (χ3v) is 5.80. The van der Waals surface area contributed by atoms with E-state index < -0.39 is 5.97 Å². The van der Waals surface area contributed by atoms with Crippen molar-refractivity contribution in [2.75, 3.05) is 6.61 Å². The average Bonchev–Trinajstić information content (AvgIpc) is 3.38. The van der Waals surface area contributed by atoms with E-state index in [4.69, 9.17) is 9.15 Å². The number of hydrogen-bond donors (Lipinski definition) is 0. The SMILES string of the molecule is CCOC(=O)c1ccc(Cn2cnc3scc(-c4ccc(C(C)C)cc4)c3c2=O)o1. The molecule has 0 saturated carbocycles. The molecule has 7 heteroatoms. The highest BCUT2D eigenvalue weighted by Crippen LogP contribution is 2.31. The Bertz CT molecular complexity index is 1250. The van der Waals surface area contributed by atoms with Crippen molar-refractivity contribution >= 4 is 27.5 Å². The van der Waals surface area contributed by atoms with Crippen molar-refractivity contribution in [1.29, 1.82) is 0 Å². The first kappa shape index (κ1) is 20.1. The Labute approximate surface area is 177 Å². The predicted molar refractivity (Wildman–Crippen MR) is 117 cm³/mol. The van der Waals surface area contributed by atoms with Crippen LogP contribution in [-0.2, 0) is 11.3 Å². The van der Waals surface area contributed by atoms with Gasteiger partial charge in [0.05, 0.1) is 24.9 Å². The number of esters is 1. The number of carbonyl (C=O) groups excluding carboxylic acids is 1. The van der Waals surface area contributed by atoms with Gasteiger partial charge in [-0.05, 0) is 36.1 Å². The van der Waals surface area contributed by atoms with Crippen LogP contribution >= 0.6 is 11.3 Å². The zero-order valence-electron chi connectivity index (χ0n) is 17.0. The minimum absolute atomic E-state index is 0.121. The van der Waals surface area contributed by atoms with E-state index in [1.807, 2.05) is 17.5 Å². The Balaban J connectivity index is 1.68. The van der Waals surface area contributed by atoms with Crippen molar-refractivity contribution in [3.05, 3.63) is 75.5 Å². The first-order valence-electron chi connectivity index (χ1n) is 9.80. The lowest BCUT2D eigenvalue weighted by Crippen LogP contribution is -2.20. The third-order valence-electron chi connectivity index (χ3n) is 4.91. The highest BCUT2D eigenvalue weighted by atomic mass is 32.1. The highest BCUT2D eigenvalue weighted by Gasteiger charge is 2.16. The summed E-state index contributed by atoms with van der Waals surface area (Å²) in [5, 5.41) is 2.57. The van der Waals surface area contributed by atoms with Crippen LogP contribution in [0.4, 0.5) is 0 Å². The van der Waals surface area contributed by atoms with E-state index in [-0.39, 0.29) is 24.5 Å². The van der Waals surface area contributed by atoms with Gasteiger partial charge in [0.1, 0.15) is 10.6 Å². The predicted octanol–water partition coefficient (Wildman–Crippen LogP) is 5.07. The van der Waals surface area contributed by atoms with Gasteiger partial charge in [-0.2, -0.15) is 0 Å². The number of furan rings is 1. The van der Waals surface area contributed by atoms with Crippen LogP contribution in [0.15, 0.2) is 57.3 Å². The van der Waals surface area contributed by atoms with E-state index in [9.17, 15) is 9.59 Å². The van der Waals surface area contributed by atoms with Crippen LogP contribution in [0.2, 0.25) is 0 Å². The Morgan fingerprint density at radius 3 is 2.67 bits per heavy atom. The number of hydrogen-bond acceptors (Lipinski definition) is 6. The molecule has 1 aromatic carbocycles. The first-order chi connectivity index (χ1) is 14.5. The zero-order valence-corrected chi connectivity index (χ0v) is 17.9. The summed E-state index contributed by atoms with van der Waals surface area (Å²) in [7, 11) is 0. The molecule has 0 saturated heterocycles. The summed E-state index contributed by atoms with van der Waals surface area (Å²) in [5.74, 6) is 0.536. The number of benzene rings is 1. The molecule has 4 aromatic rings. The first-order valence-corrected chi connectivity index (χ1v) is 10.7. The zero-order chi connectivity index (χ0) is 21.3. The number of ether oxygens (including phenoxy) is 1. The molecular weight excluding hydrogens is 400 g/mol. The second-order valence-electron chi connectivity index (χ2n) is 7.27. The molecule has 0 aliphatic carbocycles. The molecule has 4 rings (SSSR count). The van der Waals surface area contributed by atoms with E-state index in [0.29, 0.717) is 21.9 Å². The van der Waals surface area contributed by atoms with Crippen molar-refractivity contribution in [2.24, 2.45) is 0 Å². The summed E-state index contributed by atoms with van der Waals surface area (Å²) >= 11 is 1.45. The molecular formula is C23H22N2O4S. The second-order valence-corrected chi connectivity index (χ2v) is 8.13. The van der Waals surface area contributed by atoms with Crippen LogP contribution in [0.1, 0.15) is 48.6 Å². The van der Waals surface area contributed by atoms with Crippen LogP contribution in [0.3, 0.4) is 0 Å². The molecule has 0 N–H and O–H groups in total. The van der Waals surface area contributed by atoms with Gasteiger partial charge in [0.15, 0.2) is 0 Å². The standard InChI is InChI=1S/C23H22N2O4S/c1-4-28-23(27)19-10-9-17(29-19)11-25-13-24-21-20(22(25)26)18(12-30-21)16-7-5-15(6-8-16)14(2)3/h5-10,12-14H,4,11H2,1-3H3.